The quantitative estimate of drug-likeness (QED) is 0.529. The molecule has 0 spiro atoms. The van der Waals surface area contributed by atoms with E-state index in [1.807, 2.05) is 24.3 Å². The van der Waals surface area contributed by atoms with Crippen molar-refractivity contribution < 1.29 is 4.79 Å². The standard InChI is InChI=1S/C20H21N7O2S/c1-2-13-6-5-7-14(10-13)22-15(28)11-27-20(29)26-12-21-17-16(18(26)24-27)30-19(23-17)25-8-3-4-9-25/h5-7,10,12H,2-4,8-9,11H2,1H3,(H,22,28). The van der Waals surface area contributed by atoms with Crippen LogP contribution in [0.1, 0.15) is 25.3 Å². The summed E-state index contributed by atoms with van der Waals surface area (Å²) in [5, 5.41) is 8.15. The van der Waals surface area contributed by atoms with Crippen LogP contribution >= 0.6 is 11.3 Å². The van der Waals surface area contributed by atoms with Crippen molar-refractivity contribution in [2.75, 3.05) is 23.3 Å². The molecule has 4 heterocycles. The van der Waals surface area contributed by atoms with Crippen LogP contribution in [0.15, 0.2) is 35.4 Å². The summed E-state index contributed by atoms with van der Waals surface area (Å²) < 4.78 is 3.30. The maximum absolute atomic E-state index is 12.7. The van der Waals surface area contributed by atoms with Gasteiger partial charge in [0.1, 0.15) is 17.6 Å². The molecule has 1 N–H and O–H groups in total. The maximum Gasteiger partial charge on any atom is 0.352 e. The molecule has 1 saturated heterocycles. The number of rotatable bonds is 5. The number of amides is 1. The van der Waals surface area contributed by atoms with Crippen LogP contribution < -0.4 is 15.9 Å². The molecule has 0 radical (unpaired) electrons. The van der Waals surface area contributed by atoms with Gasteiger partial charge in [-0.15, -0.1) is 5.10 Å². The molecule has 1 aromatic carbocycles. The van der Waals surface area contributed by atoms with E-state index < -0.39 is 5.69 Å². The van der Waals surface area contributed by atoms with Crippen molar-refractivity contribution in [3.8, 4) is 0 Å². The van der Waals surface area contributed by atoms with Gasteiger partial charge in [-0.25, -0.2) is 18.9 Å². The monoisotopic (exact) mass is 423 g/mol. The highest BCUT2D eigenvalue weighted by atomic mass is 32.1. The number of hydrogen-bond acceptors (Lipinski definition) is 7. The highest BCUT2D eigenvalue weighted by molar-refractivity contribution is 7.22. The van der Waals surface area contributed by atoms with E-state index in [9.17, 15) is 9.59 Å². The summed E-state index contributed by atoms with van der Waals surface area (Å²) in [6.07, 6.45) is 4.62. The lowest BCUT2D eigenvalue weighted by Crippen LogP contribution is -2.28. The summed E-state index contributed by atoms with van der Waals surface area (Å²) in [6.45, 7) is 3.85. The zero-order chi connectivity index (χ0) is 20.7. The van der Waals surface area contributed by atoms with E-state index >= 15 is 0 Å². The van der Waals surface area contributed by atoms with Crippen molar-refractivity contribution in [1.29, 1.82) is 0 Å². The first-order valence-electron chi connectivity index (χ1n) is 10.0. The second-order valence-corrected chi connectivity index (χ2v) is 8.30. The van der Waals surface area contributed by atoms with Crippen LogP contribution in [0.25, 0.3) is 16.0 Å². The first kappa shape index (κ1) is 18.7. The Balaban J connectivity index is 1.44. The Labute approximate surface area is 176 Å². The van der Waals surface area contributed by atoms with Gasteiger partial charge in [0.15, 0.2) is 16.4 Å². The molecular weight excluding hydrogens is 402 g/mol. The topological polar surface area (TPSA) is 97.4 Å². The first-order valence-corrected chi connectivity index (χ1v) is 10.8. The van der Waals surface area contributed by atoms with E-state index in [2.05, 4.69) is 32.2 Å². The van der Waals surface area contributed by atoms with Gasteiger partial charge in [0.2, 0.25) is 5.91 Å². The third kappa shape index (κ3) is 3.32. The lowest BCUT2D eigenvalue weighted by atomic mass is 10.1. The molecule has 0 saturated carbocycles. The third-order valence-corrected chi connectivity index (χ3v) is 6.36. The second kappa shape index (κ2) is 7.52. The molecule has 0 aliphatic carbocycles. The van der Waals surface area contributed by atoms with Gasteiger partial charge in [-0.2, -0.15) is 4.98 Å². The number of anilines is 2. The van der Waals surface area contributed by atoms with Gasteiger partial charge < -0.3 is 10.2 Å². The van der Waals surface area contributed by atoms with Crippen molar-refractivity contribution >= 4 is 44.1 Å². The summed E-state index contributed by atoms with van der Waals surface area (Å²) in [6, 6.07) is 7.66. The molecule has 1 amide bonds. The van der Waals surface area contributed by atoms with Gasteiger partial charge in [-0.1, -0.05) is 30.4 Å². The number of aryl methyl sites for hydroxylation is 1. The largest absolute Gasteiger partial charge is 0.352 e. The first-order chi connectivity index (χ1) is 14.6. The van der Waals surface area contributed by atoms with Crippen molar-refractivity contribution in [3.05, 3.63) is 46.6 Å². The predicted molar refractivity (Wildman–Crippen MR) is 116 cm³/mol. The molecule has 0 atom stereocenters. The Morgan fingerprint density at radius 3 is 2.90 bits per heavy atom. The number of carbonyl (C=O) groups is 1. The lowest BCUT2D eigenvalue weighted by Gasteiger charge is -2.11. The predicted octanol–water partition coefficient (Wildman–Crippen LogP) is 2.30. The lowest BCUT2D eigenvalue weighted by molar-refractivity contribution is -0.117. The van der Waals surface area contributed by atoms with E-state index in [-0.39, 0.29) is 12.5 Å². The van der Waals surface area contributed by atoms with Gasteiger partial charge in [0, 0.05) is 18.8 Å². The van der Waals surface area contributed by atoms with E-state index in [1.54, 1.807) is 0 Å². The summed E-state index contributed by atoms with van der Waals surface area (Å²) in [5.41, 5.74) is 2.50. The van der Waals surface area contributed by atoms with Crippen LogP contribution in [-0.4, -0.2) is 43.1 Å². The molecule has 1 fully saturated rings. The van der Waals surface area contributed by atoms with Gasteiger partial charge in [-0.3, -0.25) is 4.79 Å². The minimum atomic E-state index is -0.395. The number of fused-ring (bicyclic) bond motifs is 3. The Kier molecular flexibility index (Phi) is 4.70. The Hall–Kier alpha value is -3.27. The van der Waals surface area contributed by atoms with Gasteiger partial charge in [0.25, 0.3) is 0 Å². The Bertz CT molecular complexity index is 1300. The van der Waals surface area contributed by atoms with Gasteiger partial charge >= 0.3 is 5.69 Å². The molecule has 1 aliphatic heterocycles. The minimum Gasteiger partial charge on any atom is -0.348 e. The molecule has 0 bridgehead atoms. The van der Waals surface area contributed by atoms with Crippen molar-refractivity contribution in [3.63, 3.8) is 0 Å². The molecular formula is C20H21N7O2S. The molecule has 0 unspecified atom stereocenters. The van der Waals surface area contributed by atoms with Crippen LogP contribution in [0.3, 0.4) is 0 Å². The molecule has 154 valence electrons. The number of aromatic nitrogens is 5. The Morgan fingerprint density at radius 2 is 2.10 bits per heavy atom. The van der Waals surface area contributed by atoms with E-state index in [1.165, 1.54) is 26.7 Å². The van der Waals surface area contributed by atoms with Crippen molar-refractivity contribution in [2.45, 2.75) is 32.7 Å². The van der Waals surface area contributed by atoms with Crippen LogP contribution in [-0.2, 0) is 17.8 Å². The summed E-state index contributed by atoms with van der Waals surface area (Å²) >= 11 is 1.49. The minimum absolute atomic E-state index is 0.170. The molecule has 5 rings (SSSR count). The number of thiazole rings is 1. The smallest absolute Gasteiger partial charge is 0.348 e. The number of benzene rings is 1. The molecule has 3 aromatic heterocycles. The average Bonchev–Trinajstić information content (AvgIpc) is 3.47. The zero-order valence-corrected chi connectivity index (χ0v) is 17.4. The fraction of sp³-hybridized carbons (Fsp3) is 0.350. The van der Waals surface area contributed by atoms with Crippen LogP contribution in [0.4, 0.5) is 10.8 Å². The summed E-state index contributed by atoms with van der Waals surface area (Å²) in [5.74, 6) is -0.306. The van der Waals surface area contributed by atoms with Crippen molar-refractivity contribution in [1.82, 2.24) is 24.1 Å². The van der Waals surface area contributed by atoms with Crippen molar-refractivity contribution in [2.24, 2.45) is 0 Å². The van der Waals surface area contributed by atoms with Crippen LogP contribution in [0.2, 0.25) is 0 Å². The highest BCUT2D eigenvalue weighted by Crippen LogP contribution is 2.31. The zero-order valence-electron chi connectivity index (χ0n) is 16.5. The van der Waals surface area contributed by atoms with Gasteiger partial charge in [-0.05, 0) is 37.0 Å². The number of nitrogens with one attached hydrogen (secondary N) is 1. The molecule has 9 nitrogen and oxygen atoms in total. The highest BCUT2D eigenvalue weighted by Gasteiger charge is 2.20. The van der Waals surface area contributed by atoms with E-state index in [0.29, 0.717) is 17.0 Å². The maximum atomic E-state index is 12.7. The molecule has 1 aliphatic rings. The Morgan fingerprint density at radius 1 is 1.27 bits per heavy atom. The molecule has 4 aromatic rings. The number of carbonyl (C=O) groups excluding carboxylic acids is 1. The fourth-order valence-electron chi connectivity index (χ4n) is 3.68. The van der Waals surface area contributed by atoms with Gasteiger partial charge in [0.05, 0.1) is 0 Å². The molecule has 10 heteroatoms. The third-order valence-electron chi connectivity index (χ3n) is 5.26. The molecule has 30 heavy (non-hydrogen) atoms. The second-order valence-electron chi connectivity index (χ2n) is 7.32. The number of nitrogens with zero attached hydrogens (tertiary/aromatic N) is 6. The summed E-state index contributed by atoms with van der Waals surface area (Å²) in [4.78, 5) is 36.4. The van der Waals surface area contributed by atoms with E-state index in [0.717, 1.165) is 47.7 Å². The summed E-state index contributed by atoms with van der Waals surface area (Å²) in [7, 11) is 0. The van der Waals surface area contributed by atoms with Crippen LogP contribution in [0.5, 0.6) is 0 Å². The fourth-order valence-corrected chi connectivity index (χ4v) is 4.72. The number of hydrogen-bond donors (Lipinski definition) is 1. The van der Waals surface area contributed by atoms with Crippen LogP contribution in [0, 0.1) is 0 Å². The average molecular weight is 424 g/mol. The van der Waals surface area contributed by atoms with E-state index in [4.69, 9.17) is 0 Å². The normalized spacial score (nSPS) is 14.1. The SMILES string of the molecule is CCc1cccc(NC(=O)Cn2nc3c4sc(N5CCCC5)nc4ncn3c2=O)c1.